The van der Waals surface area contributed by atoms with Crippen LogP contribution in [0.1, 0.15) is 45.1 Å². The van der Waals surface area contributed by atoms with Crippen LogP contribution in [-0.2, 0) is 25.6 Å². The number of hydrogen-bond acceptors (Lipinski definition) is 6. The Morgan fingerprint density at radius 2 is 1.86 bits per heavy atom. The van der Waals surface area contributed by atoms with Crippen molar-refractivity contribution in [3.63, 3.8) is 0 Å². The summed E-state index contributed by atoms with van der Waals surface area (Å²) in [6.07, 6.45) is 4.23. The molecule has 0 radical (unpaired) electrons. The third kappa shape index (κ3) is 8.24. The van der Waals surface area contributed by atoms with Crippen LogP contribution in [0.4, 0.5) is 0 Å². The largest absolute Gasteiger partial charge is 0.480 e. The average molecular weight is 507 g/mol. The van der Waals surface area contributed by atoms with Gasteiger partial charge in [0.2, 0.25) is 17.7 Å². The Kier molecular flexibility index (Phi) is 11.5. The summed E-state index contributed by atoms with van der Waals surface area (Å²) in [7, 11) is 0. The summed E-state index contributed by atoms with van der Waals surface area (Å²) in [6.45, 7) is 4.30. The van der Waals surface area contributed by atoms with E-state index in [-0.39, 0.29) is 24.7 Å². The molecule has 2 rings (SSSR count). The van der Waals surface area contributed by atoms with Gasteiger partial charge < -0.3 is 26.4 Å². The first-order valence-electron chi connectivity index (χ1n) is 12.1. The minimum Gasteiger partial charge on any atom is -0.480 e. The first-order chi connectivity index (χ1) is 16.7. The second kappa shape index (κ2) is 14.1. The van der Waals surface area contributed by atoms with Gasteiger partial charge in [0.05, 0.1) is 6.04 Å². The van der Waals surface area contributed by atoms with Crippen LogP contribution in [0.25, 0.3) is 0 Å². The quantitative estimate of drug-likeness (QED) is 0.317. The summed E-state index contributed by atoms with van der Waals surface area (Å²) in [4.78, 5) is 52.5. The molecule has 5 atom stereocenters. The van der Waals surface area contributed by atoms with Crippen LogP contribution in [0.15, 0.2) is 30.3 Å². The topological polar surface area (TPSA) is 142 Å². The Balaban J connectivity index is 2.18. The molecule has 1 aliphatic rings. The number of carboxylic acids is 1. The van der Waals surface area contributed by atoms with Crippen LogP contribution in [0.3, 0.4) is 0 Å². The number of rotatable bonds is 13. The Hall–Kier alpha value is -2.59. The van der Waals surface area contributed by atoms with Crippen molar-refractivity contribution in [3.8, 4) is 0 Å². The average Bonchev–Trinajstić information content (AvgIpc) is 3.35. The molecule has 5 N–H and O–H groups in total. The first-order valence-corrected chi connectivity index (χ1v) is 13.5. The minimum absolute atomic E-state index is 0.0161. The van der Waals surface area contributed by atoms with Crippen LogP contribution in [0.2, 0.25) is 0 Å². The van der Waals surface area contributed by atoms with Crippen molar-refractivity contribution < 1.29 is 24.3 Å². The number of carbonyl (C=O) groups excluding carboxylic acids is 3. The van der Waals surface area contributed by atoms with Crippen molar-refractivity contribution in [2.75, 3.05) is 18.6 Å². The molecule has 194 valence electrons. The normalized spacial score (nSPS) is 18.9. The molecule has 1 aromatic rings. The fourth-order valence-corrected chi connectivity index (χ4v) is 4.56. The lowest BCUT2D eigenvalue weighted by molar-refractivity contribution is -0.143. The van der Waals surface area contributed by atoms with Gasteiger partial charge in [0, 0.05) is 13.0 Å². The van der Waals surface area contributed by atoms with E-state index in [1.54, 1.807) is 0 Å². The van der Waals surface area contributed by atoms with Gasteiger partial charge in [-0.2, -0.15) is 11.8 Å². The molecule has 0 aromatic heterocycles. The van der Waals surface area contributed by atoms with E-state index in [1.807, 2.05) is 50.4 Å². The van der Waals surface area contributed by atoms with Crippen molar-refractivity contribution in [2.24, 2.45) is 11.7 Å². The van der Waals surface area contributed by atoms with Gasteiger partial charge in [-0.05, 0) is 42.8 Å². The van der Waals surface area contributed by atoms with Gasteiger partial charge >= 0.3 is 5.97 Å². The summed E-state index contributed by atoms with van der Waals surface area (Å²) in [5, 5.41) is 14.9. The summed E-state index contributed by atoms with van der Waals surface area (Å²) >= 11 is 1.49. The number of thioether (sulfide) groups is 1. The van der Waals surface area contributed by atoms with Gasteiger partial charge in [-0.3, -0.25) is 14.4 Å². The van der Waals surface area contributed by atoms with Crippen molar-refractivity contribution in [1.82, 2.24) is 15.5 Å². The van der Waals surface area contributed by atoms with E-state index in [0.29, 0.717) is 25.1 Å². The van der Waals surface area contributed by atoms with E-state index in [0.717, 1.165) is 12.0 Å². The molecular formula is C25H38N4O5S. The molecule has 1 saturated heterocycles. The molecule has 5 unspecified atom stereocenters. The van der Waals surface area contributed by atoms with E-state index >= 15 is 0 Å². The lowest BCUT2D eigenvalue weighted by atomic mass is 9.98. The smallest absolute Gasteiger partial charge is 0.326 e. The highest BCUT2D eigenvalue weighted by Crippen LogP contribution is 2.21. The number of likely N-dealkylation sites (tertiary alicyclic amines) is 1. The molecule has 1 heterocycles. The lowest BCUT2D eigenvalue weighted by Gasteiger charge is -2.30. The second-order valence-corrected chi connectivity index (χ2v) is 10.0. The maximum Gasteiger partial charge on any atom is 0.326 e. The monoisotopic (exact) mass is 506 g/mol. The van der Waals surface area contributed by atoms with Gasteiger partial charge in [-0.1, -0.05) is 50.6 Å². The zero-order valence-corrected chi connectivity index (χ0v) is 21.6. The number of nitrogens with one attached hydrogen (secondary N) is 2. The number of benzene rings is 1. The Morgan fingerprint density at radius 1 is 1.17 bits per heavy atom. The highest BCUT2D eigenvalue weighted by molar-refractivity contribution is 7.98. The van der Waals surface area contributed by atoms with E-state index in [4.69, 9.17) is 5.73 Å². The predicted molar refractivity (Wildman–Crippen MR) is 137 cm³/mol. The van der Waals surface area contributed by atoms with Crippen molar-refractivity contribution in [1.29, 1.82) is 0 Å². The third-order valence-corrected chi connectivity index (χ3v) is 7.17. The third-order valence-electron chi connectivity index (χ3n) is 6.52. The summed E-state index contributed by atoms with van der Waals surface area (Å²) in [6, 6.07) is 5.75. The van der Waals surface area contributed by atoms with Crippen LogP contribution < -0.4 is 16.4 Å². The Morgan fingerprint density at radius 3 is 2.46 bits per heavy atom. The summed E-state index contributed by atoms with van der Waals surface area (Å²) in [5.41, 5.74) is 6.97. The maximum absolute atomic E-state index is 13.3. The lowest BCUT2D eigenvalue weighted by Crippen LogP contribution is -2.57. The fraction of sp³-hybridized carbons (Fsp3) is 0.600. The molecule has 1 fully saturated rings. The van der Waals surface area contributed by atoms with E-state index in [9.17, 15) is 24.3 Å². The van der Waals surface area contributed by atoms with Crippen LogP contribution in [0.5, 0.6) is 0 Å². The van der Waals surface area contributed by atoms with Gasteiger partial charge in [-0.25, -0.2) is 4.79 Å². The van der Waals surface area contributed by atoms with Crippen LogP contribution in [-0.4, -0.2) is 76.4 Å². The molecule has 0 spiro atoms. The zero-order chi connectivity index (χ0) is 26.0. The summed E-state index contributed by atoms with van der Waals surface area (Å²) in [5.74, 6) is -1.82. The number of nitrogens with zero attached hydrogens (tertiary/aromatic N) is 1. The SMILES string of the molecule is CCC(C)C(N)C(=O)N1CCCC1C(=O)NC(Cc1ccccc1)C(=O)NC(CCSC)C(=O)O. The Bertz CT molecular complexity index is 869. The standard InChI is InChI=1S/C25H38N4O5S/c1-4-16(2)21(26)24(32)29-13-8-11-20(29)23(31)28-19(15-17-9-6-5-7-10-17)22(30)27-18(25(33)34)12-14-35-3/h5-7,9-10,16,18-21H,4,8,11-15,26H2,1-3H3,(H,27,30)(H,28,31)(H,33,34). The highest BCUT2D eigenvalue weighted by atomic mass is 32.2. The summed E-state index contributed by atoms with van der Waals surface area (Å²) < 4.78 is 0. The fourth-order valence-electron chi connectivity index (χ4n) is 4.08. The predicted octanol–water partition coefficient (Wildman–Crippen LogP) is 1.40. The van der Waals surface area contributed by atoms with Gasteiger partial charge in [0.1, 0.15) is 18.1 Å². The van der Waals surface area contributed by atoms with Crippen molar-refractivity contribution in [3.05, 3.63) is 35.9 Å². The number of nitrogens with two attached hydrogens (primary N) is 1. The number of hydrogen-bond donors (Lipinski definition) is 4. The van der Waals surface area contributed by atoms with Gasteiger partial charge in [0.15, 0.2) is 0 Å². The number of carboxylic acid groups (broad SMARTS) is 1. The molecule has 3 amide bonds. The van der Waals surface area contributed by atoms with Gasteiger partial charge in [0.25, 0.3) is 0 Å². The molecule has 1 aromatic carbocycles. The Labute approximate surface area is 211 Å². The number of aliphatic carboxylic acids is 1. The van der Waals surface area contributed by atoms with E-state index < -0.39 is 42.0 Å². The zero-order valence-electron chi connectivity index (χ0n) is 20.7. The molecule has 0 bridgehead atoms. The first kappa shape index (κ1) is 28.6. The van der Waals surface area contributed by atoms with Crippen molar-refractivity contribution in [2.45, 2.75) is 70.1 Å². The molecule has 0 aliphatic carbocycles. The maximum atomic E-state index is 13.3. The van der Waals surface area contributed by atoms with E-state index in [1.165, 1.54) is 16.7 Å². The molecular weight excluding hydrogens is 468 g/mol. The minimum atomic E-state index is -1.12. The molecule has 10 heteroatoms. The molecule has 9 nitrogen and oxygen atoms in total. The highest BCUT2D eigenvalue weighted by Gasteiger charge is 2.38. The molecule has 1 aliphatic heterocycles. The van der Waals surface area contributed by atoms with Crippen LogP contribution in [0, 0.1) is 5.92 Å². The van der Waals surface area contributed by atoms with Gasteiger partial charge in [-0.15, -0.1) is 0 Å². The van der Waals surface area contributed by atoms with Crippen LogP contribution >= 0.6 is 11.8 Å². The second-order valence-electron chi connectivity index (χ2n) is 9.03. The van der Waals surface area contributed by atoms with Crippen molar-refractivity contribution >= 4 is 35.5 Å². The van der Waals surface area contributed by atoms with E-state index in [2.05, 4.69) is 10.6 Å². The number of amides is 3. The molecule has 0 saturated carbocycles. The number of carbonyl (C=O) groups is 4. The molecule has 35 heavy (non-hydrogen) atoms.